The van der Waals surface area contributed by atoms with E-state index in [1.807, 2.05) is 0 Å². The van der Waals surface area contributed by atoms with Crippen molar-refractivity contribution < 1.29 is 23.1 Å². The third-order valence-electron chi connectivity index (χ3n) is 5.78. The molecular weight excluding hydrogens is 425 g/mol. The first-order valence-electron chi connectivity index (χ1n) is 9.95. The van der Waals surface area contributed by atoms with Gasteiger partial charge in [0.25, 0.3) is 0 Å². The highest BCUT2D eigenvalue weighted by Gasteiger charge is 2.31. The molecule has 5 rings (SSSR count). The largest absolute Gasteiger partial charge is 0.477 e. The number of hydrogen-bond donors (Lipinski definition) is 2. The van der Waals surface area contributed by atoms with Crippen LogP contribution in [0.4, 0.5) is 19.0 Å². The predicted molar refractivity (Wildman–Crippen MR) is 111 cm³/mol. The maximum absolute atomic E-state index is 15.1. The molecule has 7 nitrogen and oxygen atoms in total. The van der Waals surface area contributed by atoms with Crippen LogP contribution in [0.2, 0.25) is 0 Å². The van der Waals surface area contributed by atoms with Crippen LogP contribution in [0.5, 0.6) is 0 Å². The Kier molecular flexibility index (Phi) is 4.74. The summed E-state index contributed by atoms with van der Waals surface area (Å²) in [7, 11) is 0. The molecule has 32 heavy (non-hydrogen) atoms. The van der Waals surface area contributed by atoms with Gasteiger partial charge in [-0.25, -0.2) is 22.9 Å². The van der Waals surface area contributed by atoms with Gasteiger partial charge in [-0.15, -0.1) is 0 Å². The highest BCUT2D eigenvalue weighted by atomic mass is 19.1. The van der Waals surface area contributed by atoms with Gasteiger partial charge in [-0.1, -0.05) is 6.08 Å². The quantitative estimate of drug-likeness (QED) is 0.607. The third kappa shape index (κ3) is 3.23. The molecule has 0 aliphatic carbocycles. The monoisotopic (exact) mass is 442 g/mol. The lowest BCUT2D eigenvalue weighted by Crippen LogP contribution is -2.36. The van der Waals surface area contributed by atoms with Crippen LogP contribution in [-0.4, -0.2) is 46.3 Å². The average Bonchev–Trinajstić information content (AvgIpc) is 3.18. The van der Waals surface area contributed by atoms with E-state index in [4.69, 9.17) is 0 Å². The Morgan fingerprint density at radius 1 is 1.19 bits per heavy atom. The van der Waals surface area contributed by atoms with E-state index in [0.29, 0.717) is 19.2 Å². The first kappa shape index (κ1) is 20.3. The fourth-order valence-corrected chi connectivity index (χ4v) is 4.26. The summed E-state index contributed by atoms with van der Waals surface area (Å²) in [6.07, 6.45) is 3.89. The average molecular weight is 442 g/mol. The number of nitrogens with zero attached hydrogens (tertiary/aromatic N) is 3. The van der Waals surface area contributed by atoms with Crippen molar-refractivity contribution in [2.24, 2.45) is 0 Å². The van der Waals surface area contributed by atoms with Crippen LogP contribution in [0.15, 0.2) is 46.9 Å². The van der Waals surface area contributed by atoms with E-state index in [-0.39, 0.29) is 28.6 Å². The molecule has 0 spiro atoms. The molecule has 2 aliphatic rings. The lowest BCUT2D eigenvalue weighted by Gasteiger charge is -2.20. The number of aromatic carboxylic acids is 1. The number of aromatic nitrogens is 2. The number of hydrogen-bond acceptors (Lipinski definition) is 5. The van der Waals surface area contributed by atoms with Crippen LogP contribution in [0.1, 0.15) is 16.8 Å². The summed E-state index contributed by atoms with van der Waals surface area (Å²) >= 11 is 0. The van der Waals surface area contributed by atoms with Gasteiger partial charge in [-0.3, -0.25) is 9.36 Å². The zero-order valence-electron chi connectivity index (χ0n) is 16.6. The van der Waals surface area contributed by atoms with Gasteiger partial charge in [-0.2, -0.15) is 0 Å². The highest BCUT2D eigenvalue weighted by Crippen LogP contribution is 2.29. The fourth-order valence-electron chi connectivity index (χ4n) is 4.26. The van der Waals surface area contributed by atoms with E-state index >= 15 is 4.39 Å². The van der Waals surface area contributed by atoms with Crippen LogP contribution < -0.4 is 15.6 Å². The van der Waals surface area contributed by atoms with Crippen molar-refractivity contribution in [2.45, 2.75) is 12.5 Å². The van der Waals surface area contributed by atoms with E-state index in [9.17, 15) is 23.5 Å². The summed E-state index contributed by atoms with van der Waals surface area (Å²) in [5.41, 5.74) is -0.858. The smallest absolute Gasteiger partial charge is 0.341 e. The van der Waals surface area contributed by atoms with Crippen molar-refractivity contribution in [3.63, 3.8) is 0 Å². The predicted octanol–water partition coefficient (Wildman–Crippen LogP) is 2.61. The van der Waals surface area contributed by atoms with Crippen LogP contribution >= 0.6 is 0 Å². The Labute approximate surface area is 179 Å². The molecule has 1 aromatic carbocycles. The van der Waals surface area contributed by atoms with Crippen molar-refractivity contribution in [3.05, 3.63) is 75.3 Å². The second-order valence-electron chi connectivity index (χ2n) is 7.76. The van der Waals surface area contributed by atoms with Gasteiger partial charge in [0, 0.05) is 31.4 Å². The fraction of sp³-hybridized carbons (Fsp3) is 0.227. The topological polar surface area (TPSA) is 87.5 Å². The molecule has 1 atom stereocenters. The maximum atomic E-state index is 15.1. The number of fused-ring (bicyclic) bond motifs is 2. The minimum atomic E-state index is -1.56. The minimum Gasteiger partial charge on any atom is -0.477 e. The zero-order chi connectivity index (χ0) is 22.6. The van der Waals surface area contributed by atoms with Crippen LogP contribution in [0.25, 0.3) is 16.7 Å². The SMILES string of the molecule is O=C(O)c1cn(-c2ccc(F)cc2F)c2nc(N3CC4=CCCNC4C3)c(F)cc2c1=O. The molecule has 0 saturated carbocycles. The van der Waals surface area contributed by atoms with Gasteiger partial charge in [0.15, 0.2) is 17.3 Å². The first-order chi connectivity index (χ1) is 15.3. The van der Waals surface area contributed by atoms with Crippen molar-refractivity contribution in [2.75, 3.05) is 24.5 Å². The van der Waals surface area contributed by atoms with Crippen LogP contribution in [0.3, 0.4) is 0 Å². The second-order valence-corrected chi connectivity index (χ2v) is 7.76. The second kappa shape index (κ2) is 7.49. The van der Waals surface area contributed by atoms with Gasteiger partial charge < -0.3 is 15.3 Å². The Morgan fingerprint density at radius 3 is 2.72 bits per heavy atom. The van der Waals surface area contributed by atoms with Crippen molar-refractivity contribution >= 4 is 22.8 Å². The molecule has 4 heterocycles. The number of carbonyl (C=O) groups is 1. The Hall–Kier alpha value is -3.66. The summed E-state index contributed by atoms with van der Waals surface area (Å²) in [5.74, 6) is -4.19. The van der Waals surface area contributed by atoms with Gasteiger partial charge in [0.05, 0.1) is 11.1 Å². The molecule has 164 valence electrons. The zero-order valence-corrected chi connectivity index (χ0v) is 16.6. The number of pyridine rings is 2. The Balaban J connectivity index is 1.75. The van der Waals surface area contributed by atoms with Crippen molar-refractivity contribution in [1.29, 1.82) is 0 Å². The number of rotatable bonds is 3. The van der Waals surface area contributed by atoms with E-state index in [1.54, 1.807) is 4.90 Å². The minimum absolute atomic E-state index is 0.0339. The summed E-state index contributed by atoms with van der Waals surface area (Å²) in [4.78, 5) is 30.3. The van der Waals surface area contributed by atoms with Gasteiger partial charge in [-0.05, 0) is 36.7 Å². The molecule has 10 heteroatoms. The van der Waals surface area contributed by atoms with Gasteiger partial charge >= 0.3 is 5.97 Å². The number of halogens is 3. The molecule has 1 saturated heterocycles. The number of anilines is 1. The lowest BCUT2D eigenvalue weighted by molar-refractivity contribution is 0.0695. The molecule has 0 radical (unpaired) electrons. The first-order valence-corrected chi connectivity index (χ1v) is 9.95. The third-order valence-corrected chi connectivity index (χ3v) is 5.78. The Morgan fingerprint density at radius 2 is 2.00 bits per heavy atom. The normalized spacial score (nSPS) is 18.0. The molecule has 1 fully saturated rings. The number of carboxylic acid groups (broad SMARTS) is 1. The molecule has 1 unspecified atom stereocenters. The van der Waals surface area contributed by atoms with Crippen LogP contribution in [-0.2, 0) is 0 Å². The molecule has 0 bridgehead atoms. The summed E-state index contributed by atoms with van der Waals surface area (Å²) in [5, 5.41) is 12.5. The van der Waals surface area contributed by atoms with Gasteiger partial charge in [0.2, 0.25) is 5.43 Å². The molecule has 2 aliphatic heterocycles. The lowest BCUT2D eigenvalue weighted by atomic mass is 10.1. The maximum Gasteiger partial charge on any atom is 0.341 e. The van der Waals surface area contributed by atoms with E-state index in [0.717, 1.165) is 47.5 Å². The van der Waals surface area contributed by atoms with Crippen LogP contribution in [0, 0.1) is 17.5 Å². The molecule has 3 aromatic rings. The number of carboxylic acids is 1. The van der Waals surface area contributed by atoms with E-state index in [1.165, 1.54) is 0 Å². The number of benzene rings is 1. The Bertz CT molecular complexity index is 1370. The highest BCUT2D eigenvalue weighted by molar-refractivity contribution is 5.92. The summed E-state index contributed by atoms with van der Waals surface area (Å²) < 4.78 is 44.1. The van der Waals surface area contributed by atoms with Crippen molar-refractivity contribution in [3.8, 4) is 5.69 Å². The van der Waals surface area contributed by atoms with E-state index in [2.05, 4.69) is 16.4 Å². The summed E-state index contributed by atoms with van der Waals surface area (Å²) in [6.45, 7) is 1.72. The molecule has 2 aromatic heterocycles. The summed E-state index contributed by atoms with van der Waals surface area (Å²) in [6, 6.07) is 3.72. The van der Waals surface area contributed by atoms with E-state index < -0.39 is 34.4 Å². The van der Waals surface area contributed by atoms with Gasteiger partial charge in [0.1, 0.15) is 17.2 Å². The molecular formula is C22H17F3N4O3. The molecule has 2 N–H and O–H groups in total. The number of nitrogens with one attached hydrogen (secondary N) is 1. The van der Waals surface area contributed by atoms with Crippen molar-refractivity contribution in [1.82, 2.24) is 14.9 Å². The standard InChI is InChI=1S/C22H17F3N4O3/c23-12-3-4-18(15(24)6-12)29-9-14(22(31)32)19(30)13-7-16(25)21(27-20(13)29)28-8-11-2-1-5-26-17(11)10-28/h2-4,6-7,9,17,26H,1,5,8,10H2,(H,31,32). The molecule has 0 amide bonds.